The number of amides is 1. The van der Waals surface area contributed by atoms with Crippen molar-refractivity contribution in [3.63, 3.8) is 0 Å². The largest absolute Gasteiger partial charge is 0.480 e. The van der Waals surface area contributed by atoms with Gasteiger partial charge >= 0.3 is 5.97 Å². The van der Waals surface area contributed by atoms with Crippen LogP contribution in [-0.4, -0.2) is 76.6 Å². The van der Waals surface area contributed by atoms with Gasteiger partial charge in [0.1, 0.15) is 10.9 Å². The van der Waals surface area contributed by atoms with Crippen molar-refractivity contribution in [2.24, 2.45) is 0 Å². The van der Waals surface area contributed by atoms with Crippen molar-refractivity contribution in [1.29, 1.82) is 0 Å². The summed E-state index contributed by atoms with van der Waals surface area (Å²) in [6.45, 7) is 0.241. The molecule has 2 aromatic carbocycles. The number of hydrogen-bond donors (Lipinski definition) is 5. The molecule has 0 aliphatic carbocycles. The molecule has 0 aliphatic heterocycles. The molecule has 4 aromatic rings. The lowest BCUT2D eigenvalue weighted by Crippen LogP contribution is -2.48. The van der Waals surface area contributed by atoms with Gasteiger partial charge in [-0.05, 0) is 37.1 Å². The number of nitrogens with zero attached hydrogens (tertiary/aromatic N) is 3. The van der Waals surface area contributed by atoms with Crippen LogP contribution in [0.2, 0.25) is 10.0 Å². The number of carboxylic acids is 1. The van der Waals surface area contributed by atoms with Crippen LogP contribution in [-0.2, 0) is 21.2 Å². The number of likely N-dealkylation sites (N-methyl/N-ethyl adjacent to an activating group) is 1. The molecule has 0 aliphatic rings. The van der Waals surface area contributed by atoms with E-state index in [2.05, 4.69) is 30.2 Å². The van der Waals surface area contributed by atoms with Gasteiger partial charge in [-0.25, -0.2) is 13.4 Å². The maximum atomic E-state index is 13.1. The minimum Gasteiger partial charge on any atom is -0.480 e. The normalized spacial score (nSPS) is 12.4. The van der Waals surface area contributed by atoms with Crippen LogP contribution in [0.3, 0.4) is 0 Å². The molecule has 1 atom stereocenters. The number of H-pyrrole nitrogens is 2. The fourth-order valence-electron chi connectivity index (χ4n) is 3.95. The highest BCUT2D eigenvalue weighted by atomic mass is 35.5. The van der Waals surface area contributed by atoms with Gasteiger partial charge in [-0.15, -0.1) is 0 Å². The van der Waals surface area contributed by atoms with E-state index >= 15 is 0 Å². The molecule has 206 valence electrons. The summed E-state index contributed by atoms with van der Waals surface area (Å²) >= 11 is 12.0. The van der Waals surface area contributed by atoms with Gasteiger partial charge < -0.3 is 20.3 Å². The molecule has 15 heteroatoms. The van der Waals surface area contributed by atoms with E-state index in [4.69, 9.17) is 23.2 Å². The maximum absolute atomic E-state index is 13.1. The Labute approximate surface area is 233 Å². The number of hydrogen-bond acceptors (Lipinski definition) is 7. The van der Waals surface area contributed by atoms with Crippen molar-refractivity contribution in [2.75, 3.05) is 25.5 Å². The second kappa shape index (κ2) is 12.0. The zero-order chi connectivity index (χ0) is 28.2. The van der Waals surface area contributed by atoms with Gasteiger partial charge in [-0.2, -0.15) is 9.82 Å². The minimum absolute atomic E-state index is 0.162. The summed E-state index contributed by atoms with van der Waals surface area (Å²) < 4.78 is 27.8. The number of rotatable bonds is 12. The highest BCUT2D eigenvalue weighted by Crippen LogP contribution is 2.29. The number of fused-ring (bicyclic) bond motifs is 1. The summed E-state index contributed by atoms with van der Waals surface area (Å²) in [7, 11) is -3.03. The number of carbonyl (C=O) groups is 2. The number of anilines is 1. The highest BCUT2D eigenvalue weighted by Gasteiger charge is 2.31. The molecule has 0 spiro atoms. The van der Waals surface area contributed by atoms with Crippen LogP contribution in [0.25, 0.3) is 10.9 Å². The number of aromatic nitrogens is 4. The van der Waals surface area contributed by atoms with Gasteiger partial charge in [0, 0.05) is 43.5 Å². The van der Waals surface area contributed by atoms with Crippen LogP contribution < -0.4 is 10.0 Å². The first-order valence-electron chi connectivity index (χ1n) is 11.7. The number of imidazole rings is 1. The number of benzene rings is 2. The molecule has 5 N–H and O–H groups in total. The van der Waals surface area contributed by atoms with Gasteiger partial charge in [0.05, 0.1) is 21.3 Å². The van der Waals surface area contributed by atoms with E-state index in [1.165, 1.54) is 25.2 Å². The van der Waals surface area contributed by atoms with Gasteiger partial charge in [0.2, 0.25) is 10.0 Å². The molecule has 0 saturated carbocycles. The number of carboxylic acid groups (broad SMARTS) is 1. The molecule has 0 bridgehead atoms. The van der Waals surface area contributed by atoms with Crippen molar-refractivity contribution in [2.45, 2.75) is 23.8 Å². The highest BCUT2D eigenvalue weighted by molar-refractivity contribution is 7.89. The molecular weight excluding hydrogens is 569 g/mol. The first-order chi connectivity index (χ1) is 18.6. The number of aryl methyl sites for hydroxylation is 1. The van der Waals surface area contributed by atoms with Crippen LogP contribution in [0, 0.1) is 0 Å². The van der Waals surface area contributed by atoms with Crippen LogP contribution in [0.15, 0.2) is 53.7 Å². The topological polar surface area (TPSA) is 173 Å². The van der Waals surface area contributed by atoms with Crippen LogP contribution in [0.5, 0.6) is 0 Å². The third-order valence-electron chi connectivity index (χ3n) is 5.86. The molecule has 1 unspecified atom stereocenters. The van der Waals surface area contributed by atoms with E-state index in [1.807, 2.05) is 0 Å². The molecule has 12 nitrogen and oxygen atoms in total. The van der Waals surface area contributed by atoms with Gasteiger partial charge in [-0.1, -0.05) is 35.3 Å². The maximum Gasteiger partial charge on any atom is 0.323 e. The first kappa shape index (κ1) is 28.4. The Kier molecular flexibility index (Phi) is 8.75. The Balaban J connectivity index is 1.41. The van der Waals surface area contributed by atoms with Gasteiger partial charge in [0.15, 0.2) is 5.95 Å². The quantitative estimate of drug-likeness (QED) is 0.156. The second-order valence-electron chi connectivity index (χ2n) is 8.65. The summed E-state index contributed by atoms with van der Waals surface area (Å²) in [6, 6.07) is 7.45. The summed E-state index contributed by atoms with van der Waals surface area (Å²) in [6.07, 6.45) is 4.89. The Hall–Kier alpha value is -3.65. The number of nitrogens with one attached hydrogen (secondary N) is 4. The molecule has 4 rings (SSSR count). The standard InChI is InChI=1S/C24H25Cl2N7O5S/c1-33(13-20(23(35)36)32-39(37,38)21-16(25)4-2-5-17(21)26)22(34)14-7-8-15-18(30-31-19(15)12-14)6-3-9-27-24-28-10-11-29-24/h2,4-5,7-8,10-12,20,32H,3,6,9,13H2,1H3,(H,30,31)(H,35,36)(H2,27,28,29). The predicted octanol–water partition coefficient (Wildman–Crippen LogP) is 3.14. The van der Waals surface area contributed by atoms with Crippen molar-refractivity contribution < 1.29 is 23.1 Å². The number of halogens is 2. The molecule has 39 heavy (non-hydrogen) atoms. The van der Waals surface area contributed by atoms with Crippen molar-refractivity contribution in [1.82, 2.24) is 29.8 Å². The van der Waals surface area contributed by atoms with Crippen molar-refractivity contribution in [3.8, 4) is 0 Å². The lowest BCUT2D eigenvalue weighted by molar-refractivity contribution is -0.139. The van der Waals surface area contributed by atoms with E-state index in [1.54, 1.807) is 30.6 Å². The Morgan fingerprint density at radius 1 is 1.18 bits per heavy atom. The molecule has 0 fully saturated rings. The third kappa shape index (κ3) is 6.68. The monoisotopic (exact) mass is 593 g/mol. The Bertz CT molecular complexity index is 1570. The molecule has 2 aromatic heterocycles. The Morgan fingerprint density at radius 2 is 1.92 bits per heavy atom. The summed E-state index contributed by atoms with van der Waals surface area (Å²) in [5.74, 6) is -1.28. The lowest BCUT2D eigenvalue weighted by Gasteiger charge is -2.23. The number of aliphatic carboxylic acids is 1. The molecular formula is C24H25Cl2N7O5S. The summed E-state index contributed by atoms with van der Waals surface area (Å²) in [5.41, 5.74) is 1.77. The van der Waals surface area contributed by atoms with Gasteiger partial charge in [-0.3, -0.25) is 14.7 Å². The van der Waals surface area contributed by atoms with E-state index in [0.29, 0.717) is 24.4 Å². The van der Waals surface area contributed by atoms with Crippen LogP contribution in [0.4, 0.5) is 5.95 Å². The average Bonchev–Trinajstić information content (AvgIpc) is 3.55. The van der Waals surface area contributed by atoms with Crippen LogP contribution >= 0.6 is 23.2 Å². The fraction of sp³-hybridized carbons (Fsp3) is 0.250. The zero-order valence-electron chi connectivity index (χ0n) is 20.6. The second-order valence-corrected chi connectivity index (χ2v) is 11.1. The fourth-order valence-corrected chi connectivity index (χ4v) is 6.28. The van der Waals surface area contributed by atoms with E-state index in [-0.39, 0.29) is 15.6 Å². The van der Waals surface area contributed by atoms with E-state index < -0.39 is 39.4 Å². The van der Waals surface area contributed by atoms with E-state index in [9.17, 15) is 23.1 Å². The zero-order valence-corrected chi connectivity index (χ0v) is 22.9. The van der Waals surface area contributed by atoms with Gasteiger partial charge in [0.25, 0.3) is 5.91 Å². The SMILES string of the molecule is CN(CC(NS(=O)(=O)c1c(Cl)cccc1Cl)C(=O)O)C(=O)c1ccc2c(CCCNc3ncc[nH]3)n[nH]c2c1. The van der Waals surface area contributed by atoms with E-state index in [0.717, 1.165) is 22.4 Å². The lowest BCUT2D eigenvalue weighted by atomic mass is 10.1. The molecule has 0 radical (unpaired) electrons. The summed E-state index contributed by atoms with van der Waals surface area (Å²) in [5, 5.41) is 20.6. The minimum atomic E-state index is -4.41. The number of carbonyl (C=O) groups excluding carboxylic acids is 1. The summed E-state index contributed by atoms with van der Waals surface area (Å²) in [4.78, 5) is 32.7. The number of sulfonamides is 1. The Morgan fingerprint density at radius 3 is 2.59 bits per heavy atom. The average molecular weight is 594 g/mol. The predicted molar refractivity (Wildman–Crippen MR) is 147 cm³/mol. The number of aromatic amines is 2. The smallest absolute Gasteiger partial charge is 0.323 e. The molecule has 0 saturated heterocycles. The first-order valence-corrected chi connectivity index (χ1v) is 14.0. The van der Waals surface area contributed by atoms with Crippen LogP contribution in [0.1, 0.15) is 22.5 Å². The van der Waals surface area contributed by atoms with Crippen molar-refractivity contribution >= 4 is 62.0 Å². The van der Waals surface area contributed by atoms with Crippen molar-refractivity contribution in [3.05, 3.63) is 70.1 Å². The molecule has 2 heterocycles. The third-order valence-corrected chi connectivity index (χ3v) is 8.28. The molecule has 1 amide bonds.